The summed E-state index contributed by atoms with van der Waals surface area (Å²) >= 11 is 0.741. The molecule has 17 nitrogen and oxygen atoms in total. The number of aromatic nitrogens is 5. The first-order chi connectivity index (χ1) is 40.8. The van der Waals surface area contributed by atoms with Crippen LogP contribution in [0.1, 0.15) is 74.4 Å². The zero-order chi connectivity index (χ0) is 60.2. The minimum atomic E-state index is -5.05. The summed E-state index contributed by atoms with van der Waals surface area (Å²) in [4.78, 5) is 41.3. The topological polar surface area (TPSA) is 219 Å². The minimum absolute atomic E-state index is 0.00509. The first-order valence-electron chi connectivity index (χ1n) is 27.4. The number of nitrogens with zero attached hydrogens (tertiary/aromatic N) is 8. The number of nitrogens with two attached hydrogens (primary N) is 1. The number of alkyl halides is 3. The van der Waals surface area contributed by atoms with Gasteiger partial charge in [-0.3, -0.25) is 9.59 Å². The van der Waals surface area contributed by atoms with Crippen molar-refractivity contribution < 1.29 is 59.6 Å². The summed E-state index contributed by atoms with van der Waals surface area (Å²) in [7, 11) is 1.50. The monoisotopic (exact) mass is 1190 g/mol. The molecule has 0 saturated carbocycles. The summed E-state index contributed by atoms with van der Waals surface area (Å²) in [5.74, 6) is -5.76. The molecule has 5 unspecified atom stereocenters. The fourth-order valence-electron chi connectivity index (χ4n) is 11.5. The van der Waals surface area contributed by atoms with E-state index in [0.717, 1.165) is 36.0 Å². The number of methoxy groups -OCH3 is 1. The van der Waals surface area contributed by atoms with Crippen molar-refractivity contribution >= 4 is 55.0 Å². The van der Waals surface area contributed by atoms with Crippen LogP contribution in [0.25, 0.3) is 54.5 Å². The second-order valence-electron chi connectivity index (χ2n) is 21.6. The highest BCUT2D eigenvalue weighted by atomic mass is 32.1. The Morgan fingerprint density at radius 2 is 1.68 bits per heavy atom. The summed E-state index contributed by atoms with van der Waals surface area (Å²) < 4.78 is 126. The van der Waals surface area contributed by atoms with Gasteiger partial charge < -0.3 is 45.5 Å². The van der Waals surface area contributed by atoms with E-state index < -0.39 is 88.8 Å². The van der Waals surface area contributed by atoms with E-state index in [9.17, 15) is 33.1 Å². The number of carbonyl (C=O) groups is 2. The number of thiophene rings is 1. The van der Waals surface area contributed by atoms with Gasteiger partial charge in [0.05, 0.1) is 46.3 Å². The molecule has 85 heavy (non-hydrogen) atoms. The van der Waals surface area contributed by atoms with Crippen LogP contribution in [-0.2, 0) is 27.1 Å². The van der Waals surface area contributed by atoms with Crippen LogP contribution in [0.4, 0.5) is 41.6 Å². The number of anilines is 2. The predicted octanol–water partition coefficient (Wildman–Crippen LogP) is 10.0. The molecular weight excluding hydrogens is 1140 g/mol. The Labute approximate surface area is 486 Å². The lowest BCUT2D eigenvalue weighted by Gasteiger charge is -2.30. The molecule has 3 saturated heterocycles. The van der Waals surface area contributed by atoms with E-state index in [2.05, 4.69) is 20.9 Å². The fraction of sp³-hybridized carbons (Fsp3) is 0.350. The third kappa shape index (κ3) is 11.1. The number of nitriles is 1. The molecule has 3 fully saturated rings. The van der Waals surface area contributed by atoms with Crippen molar-refractivity contribution in [1.29, 1.82) is 5.26 Å². The van der Waals surface area contributed by atoms with Gasteiger partial charge in [-0.25, -0.2) is 22.2 Å². The second kappa shape index (κ2) is 23.5. The van der Waals surface area contributed by atoms with Crippen LogP contribution in [0.15, 0.2) is 85.1 Å². The molecule has 442 valence electrons. The minimum Gasteiger partial charge on any atom is -0.486 e. The van der Waals surface area contributed by atoms with Gasteiger partial charge in [-0.05, 0) is 78.6 Å². The molecule has 11 rings (SSSR count). The summed E-state index contributed by atoms with van der Waals surface area (Å²) in [6, 6.07) is 16.0. The quantitative estimate of drug-likeness (QED) is 0.0464. The Bertz CT molecular complexity index is 3910. The van der Waals surface area contributed by atoms with E-state index in [1.54, 1.807) is 37.4 Å². The lowest BCUT2D eigenvalue weighted by atomic mass is 9.92. The Kier molecular flexibility index (Phi) is 16.2. The zero-order valence-corrected chi connectivity index (χ0v) is 47.0. The number of carbonyl (C=O) groups excluding carboxylic acids is 2. The Balaban J connectivity index is 0.878. The van der Waals surface area contributed by atoms with Gasteiger partial charge in [0, 0.05) is 60.7 Å². The van der Waals surface area contributed by atoms with Gasteiger partial charge in [0.15, 0.2) is 17.4 Å². The van der Waals surface area contributed by atoms with Crippen molar-refractivity contribution in [2.75, 3.05) is 50.6 Å². The van der Waals surface area contributed by atoms with Crippen LogP contribution < -0.4 is 30.7 Å². The van der Waals surface area contributed by atoms with E-state index in [-0.39, 0.29) is 98.0 Å². The molecule has 5 N–H and O–H groups in total. The molecular formula is C60H56F7N11O6S. The number of ether oxygens (including phenoxy) is 3. The summed E-state index contributed by atoms with van der Waals surface area (Å²) in [5, 5.41) is 35.4. The molecule has 6 atom stereocenters. The molecule has 2 amide bonds. The maximum Gasteiger partial charge on any atom is 0.417 e. The molecule has 3 aromatic heterocycles. The average molecular weight is 1190 g/mol. The van der Waals surface area contributed by atoms with Gasteiger partial charge in [-0.1, -0.05) is 73.7 Å². The van der Waals surface area contributed by atoms with Crippen LogP contribution in [0.3, 0.4) is 0 Å². The number of benzene rings is 5. The van der Waals surface area contributed by atoms with E-state index in [1.165, 1.54) is 47.0 Å². The number of aliphatic hydroxyl groups is 1. The summed E-state index contributed by atoms with van der Waals surface area (Å²) in [6.07, 6.45) is -2.32. The van der Waals surface area contributed by atoms with Crippen molar-refractivity contribution in [1.82, 2.24) is 40.5 Å². The number of halogens is 7. The van der Waals surface area contributed by atoms with Gasteiger partial charge in [0.2, 0.25) is 11.8 Å². The fourth-order valence-corrected chi connectivity index (χ4v) is 12.5. The smallest absolute Gasteiger partial charge is 0.417 e. The molecule has 25 heteroatoms. The molecule has 3 aliphatic heterocycles. The molecule has 2 bridgehead atoms. The van der Waals surface area contributed by atoms with E-state index >= 15 is 17.6 Å². The number of nitrogens with one attached hydrogen (secondary N) is 2. The lowest BCUT2D eigenvalue weighted by Crippen LogP contribution is -2.50. The maximum atomic E-state index is 15.9. The SMILES string of the molecule is CO[C@@H](C)COc1nc(N2CC3CC2CN3)c2cc(C(F)(F)F)c(-c3ccc(F)c4sc(N)c(C#N)c34)c(OCc3ccc(-c4cn(C(C(=O)N5CCCC5C(=O)NC(CO)c5ccc(-c6c(F)ccc(F)c6F)cc5)C(C)C)nn4)cc3)c2n1. The highest BCUT2D eigenvalue weighted by Crippen LogP contribution is 2.52. The third-order valence-corrected chi connectivity index (χ3v) is 16.9. The van der Waals surface area contributed by atoms with Crippen molar-refractivity contribution in [3.05, 3.63) is 131 Å². The lowest BCUT2D eigenvalue weighted by molar-refractivity contribution is -0.142. The van der Waals surface area contributed by atoms with Gasteiger partial charge in [0.1, 0.15) is 65.0 Å². The number of aliphatic hydroxyl groups excluding tert-OH is 1. The number of likely N-dealkylation sites (tertiary alicyclic amines) is 1. The number of piperazine rings is 1. The van der Waals surface area contributed by atoms with Gasteiger partial charge >= 0.3 is 12.2 Å². The molecule has 8 aromatic rings. The van der Waals surface area contributed by atoms with Gasteiger partial charge in [-0.2, -0.15) is 28.4 Å². The maximum absolute atomic E-state index is 15.9. The van der Waals surface area contributed by atoms with Crippen LogP contribution in [0, 0.1) is 40.5 Å². The number of amides is 2. The van der Waals surface area contributed by atoms with Crippen LogP contribution in [0.2, 0.25) is 0 Å². The largest absolute Gasteiger partial charge is 0.486 e. The molecule has 0 spiro atoms. The second-order valence-corrected chi connectivity index (χ2v) is 22.7. The standard InChI is InChI=1S/C60H56F7N11O6S/c1-29(2)52(58(81)76-19-5-6-46(76)57(80)71-45(26-79)33-11-13-34(14-12-33)47-41(61)17-18-42(62)50(47)64)78-25-44(74-75-78)32-9-7-31(8-10-32)28-83-53-49(37-15-16-43(63)54-48(37)39(22-68)55(69)85-54)40(60(65,66)67)21-38-51(53)72-59(84-27-30(3)82-4)73-56(38)77-24-35-20-36(77)23-70-35/h7-18,21,25,29-30,35-36,45-46,52,70,79H,5-6,19-20,23-24,26-28,69H2,1-4H3,(H,71,80)/t30-,35?,36?,45?,46?,52?/m0/s1. The number of hydrogen-bond donors (Lipinski definition) is 4. The summed E-state index contributed by atoms with van der Waals surface area (Å²) in [5.41, 5.74) is 5.44. The average Bonchev–Trinajstić information content (AvgIpc) is 1.98. The molecule has 6 heterocycles. The number of rotatable bonds is 18. The van der Waals surface area contributed by atoms with Crippen molar-refractivity contribution in [3.63, 3.8) is 0 Å². The third-order valence-electron chi connectivity index (χ3n) is 15.9. The molecule has 3 aliphatic rings. The van der Waals surface area contributed by atoms with Crippen LogP contribution >= 0.6 is 11.3 Å². The summed E-state index contributed by atoms with van der Waals surface area (Å²) in [6.45, 7) is 5.79. The molecule has 0 aliphatic carbocycles. The van der Waals surface area contributed by atoms with Gasteiger partial charge in [-0.15, -0.1) is 16.4 Å². The van der Waals surface area contributed by atoms with Crippen LogP contribution in [-0.4, -0.2) is 111 Å². The highest BCUT2D eigenvalue weighted by Gasteiger charge is 2.44. The number of fused-ring (bicyclic) bond motifs is 4. The Morgan fingerprint density at radius 3 is 2.35 bits per heavy atom. The zero-order valence-electron chi connectivity index (χ0n) is 46.2. The number of hydrogen-bond acceptors (Lipinski definition) is 15. The van der Waals surface area contributed by atoms with E-state index in [4.69, 9.17) is 29.9 Å². The molecule has 5 aromatic carbocycles. The molecule has 0 radical (unpaired) electrons. The predicted molar refractivity (Wildman–Crippen MR) is 302 cm³/mol. The number of nitrogen functional groups attached to an aromatic ring is 1. The normalized spacial score (nSPS) is 17.9. The van der Waals surface area contributed by atoms with Crippen molar-refractivity contribution in [2.45, 2.75) is 89.1 Å². The Hall–Kier alpha value is -8.44. The van der Waals surface area contributed by atoms with Gasteiger partial charge in [0.25, 0.3) is 0 Å². The first kappa shape index (κ1) is 58.3. The van der Waals surface area contributed by atoms with E-state index in [1.807, 2.05) is 24.8 Å². The van der Waals surface area contributed by atoms with Crippen molar-refractivity contribution in [3.8, 4) is 51.3 Å². The van der Waals surface area contributed by atoms with Crippen molar-refractivity contribution in [2.24, 2.45) is 5.92 Å². The first-order valence-corrected chi connectivity index (χ1v) is 28.2. The Morgan fingerprint density at radius 1 is 0.953 bits per heavy atom. The highest BCUT2D eigenvalue weighted by molar-refractivity contribution is 7.23. The van der Waals surface area contributed by atoms with Crippen LogP contribution in [0.5, 0.6) is 11.8 Å². The van der Waals surface area contributed by atoms with E-state index in [0.29, 0.717) is 54.4 Å².